The largest absolute Gasteiger partial charge is 0.444 e. The van der Waals surface area contributed by atoms with Crippen molar-refractivity contribution in [2.24, 2.45) is 0 Å². The average Bonchev–Trinajstić information content (AvgIpc) is 3.13. The monoisotopic (exact) mass is 349 g/mol. The van der Waals surface area contributed by atoms with Gasteiger partial charge in [-0.2, -0.15) is 0 Å². The van der Waals surface area contributed by atoms with Crippen molar-refractivity contribution in [1.29, 1.82) is 0 Å². The summed E-state index contributed by atoms with van der Waals surface area (Å²) >= 11 is 5.92. The van der Waals surface area contributed by atoms with Crippen molar-refractivity contribution in [3.05, 3.63) is 52.2 Å². The van der Waals surface area contributed by atoms with Crippen LogP contribution in [0.1, 0.15) is 35.4 Å². The molecule has 1 aromatic carbocycles. The summed E-state index contributed by atoms with van der Waals surface area (Å²) in [5, 5.41) is 6.40. The molecular formula is C17H20ClN3O3. The minimum atomic E-state index is -0.266. The quantitative estimate of drug-likeness (QED) is 0.888. The van der Waals surface area contributed by atoms with E-state index in [1.165, 1.54) is 0 Å². The van der Waals surface area contributed by atoms with Crippen LogP contribution >= 0.6 is 11.6 Å². The third-order valence-corrected chi connectivity index (χ3v) is 4.33. The maximum atomic E-state index is 12.1. The second kappa shape index (κ2) is 7.23. The Balaban J connectivity index is 1.55. The van der Waals surface area contributed by atoms with Gasteiger partial charge in [0, 0.05) is 11.6 Å². The lowest BCUT2D eigenvalue weighted by Gasteiger charge is -2.20. The summed E-state index contributed by atoms with van der Waals surface area (Å²) < 4.78 is 11.2. The zero-order chi connectivity index (χ0) is 17.1. The number of urea groups is 1. The lowest BCUT2D eigenvalue weighted by Crippen LogP contribution is -2.43. The third-order valence-electron chi connectivity index (χ3n) is 4.08. The SMILES string of the molecule is Cc1nc(CNC(=O)N[C@@H]2CCO[C@H]2c2ccc(Cl)cc2)oc1C. The number of nitrogens with zero attached hydrogens (tertiary/aromatic N) is 1. The Morgan fingerprint density at radius 1 is 1.33 bits per heavy atom. The Hall–Kier alpha value is -2.05. The highest BCUT2D eigenvalue weighted by Crippen LogP contribution is 2.29. The molecule has 6 nitrogen and oxygen atoms in total. The van der Waals surface area contributed by atoms with Gasteiger partial charge >= 0.3 is 6.03 Å². The molecule has 1 aliphatic heterocycles. The average molecular weight is 350 g/mol. The molecule has 0 saturated carbocycles. The van der Waals surface area contributed by atoms with Crippen LogP contribution in [-0.4, -0.2) is 23.7 Å². The van der Waals surface area contributed by atoms with E-state index in [0.717, 1.165) is 23.4 Å². The van der Waals surface area contributed by atoms with Gasteiger partial charge in [-0.1, -0.05) is 23.7 Å². The van der Waals surface area contributed by atoms with Crippen molar-refractivity contribution in [3.63, 3.8) is 0 Å². The number of nitrogens with one attached hydrogen (secondary N) is 2. The maximum Gasteiger partial charge on any atom is 0.315 e. The number of amides is 2. The number of hydrogen-bond donors (Lipinski definition) is 2. The highest BCUT2D eigenvalue weighted by molar-refractivity contribution is 6.30. The number of ether oxygens (including phenoxy) is 1. The summed E-state index contributed by atoms with van der Waals surface area (Å²) in [6.07, 6.45) is 0.594. The normalized spacial score (nSPS) is 20.1. The zero-order valence-corrected chi connectivity index (χ0v) is 14.4. The molecule has 7 heteroatoms. The van der Waals surface area contributed by atoms with Crippen LogP contribution in [0.3, 0.4) is 0 Å². The van der Waals surface area contributed by atoms with Gasteiger partial charge in [-0.25, -0.2) is 9.78 Å². The number of rotatable bonds is 4. The molecule has 0 spiro atoms. The Kier molecular flexibility index (Phi) is 5.06. The van der Waals surface area contributed by atoms with E-state index in [9.17, 15) is 4.79 Å². The van der Waals surface area contributed by atoms with Crippen LogP contribution in [0.2, 0.25) is 5.02 Å². The third kappa shape index (κ3) is 3.88. The lowest BCUT2D eigenvalue weighted by atomic mass is 10.0. The van der Waals surface area contributed by atoms with Crippen molar-refractivity contribution >= 4 is 17.6 Å². The molecule has 1 saturated heterocycles. The standard InChI is InChI=1S/C17H20ClN3O3/c1-10-11(2)24-15(20-10)9-19-17(22)21-14-7-8-23-16(14)12-3-5-13(18)6-4-12/h3-6,14,16H,7-9H2,1-2H3,(H2,19,21,22)/t14-,16+/m1/s1. The van der Waals surface area contributed by atoms with E-state index in [-0.39, 0.29) is 24.7 Å². The first-order chi connectivity index (χ1) is 11.5. The van der Waals surface area contributed by atoms with Gasteiger partial charge in [-0.05, 0) is 38.0 Å². The number of benzene rings is 1. The fourth-order valence-corrected chi connectivity index (χ4v) is 2.83. The van der Waals surface area contributed by atoms with Crippen LogP contribution in [0.15, 0.2) is 28.7 Å². The van der Waals surface area contributed by atoms with Gasteiger partial charge in [0.25, 0.3) is 0 Å². The van der Waals surface area contributed by atoms with Gasteiger partial charge in [0.05, 0.1) is 18.3 Å². The van der Waals surface area contributed by atoms with Gasteiger partial charge in [0.2, 0.25) is 5.89 Å². The van der Waals surface area contributed by atoms with Crippen molar-refractivity contribution in [3.8, 4) is 0 Å². The van der Waals surface area contributed by atoms with Crippen LogP contribution < -0.4 is 10.6 Å². The highest BCUT2D eigenvalue weighted by Gasteiger charge is 2.30. The van der Waals surface area contributed by atoms with Gasteiger partial charge in [-0.3, -0.25) is 0 Å². The minimum absolute atomic E-state index is 0.0841. The molecule has 24 heavy (non-hydrogen) atoms. The Morgan fingerprint density at radius 3 is 2.75 bits per heavy atom. The molecule has 0 aliphatic carbocycles. The smallest absolute Gasteiger partial charge is 0.315 e. The fourth-order valence-electron chi connectivity index (χ4n) is 2.71. The number of hydrogen-bond acceptors (Lipinski definition) is 4. The molecule has 128 valence electrons. The van der Waals surface area contributed by atoms with Crippen molar-refractivity contribution in [1.82, 2.24) is 15.6 Å². The van der Waals surface area contributed by atoms with E-state index >= 15 is 0 Å². The molecule has 2 heterocycles. The van der Waals surface area contributed by atoms with Crippen LogP contribution in [0, 0.1) is 13.8 Å². The number of carbonyl (C=O) groups is 1. The minimum Gasteiger partial charge on any atom is -0.444 e. The summed E-state index contributed by atoms with van der Waals surface area (Å²) in [5.41, 5.74) is 1.83. The van der Waals surface area contributed by atoms with Gasteiger partial charge < -0.3 is 19.8 Å². The topological polar surface area (TPSA) is 76.4 Å². The second-order valence-corrected chi connectivity index (χ2v) is 6.25. The first kappa shape index (κ1) is 16.8. The van der Waals surface area contributed by atoms with Crippen LogP contribution in [-0.2, 0) is 11.3 Å². The van der Waals surface area contributed by atoms with E-state index in [0.29, 0.717) is 17.5 Å². The first-order valence-electron chi connectivity index (χ1n) is 7.87. The molecule has 2 N–H and O–H groups in total. The molecule has 1 aliphatic rings. The highest BCUT2D eigenvalue weighted by atomic mass is 35.5. The summed E-state index contributed by atoms with van der Waals surface area (Å²) in [6.45, 7) is 4.57. The number of carbonyl (C=O) groups excluding carboxylic acids is 1. The maximum absolute atomic E-state index is 12.1. The van der Waals surface area contributed by atoms with E-state index in [1.54, 1.807) is 0 Å². The predicted octanol–water partition coefficient (Wildman–Crippen LogP) is 3.27. The molecule has 0 radical (unpaired) electrons. The fraction of sp³-hybridized carbons (Fsp3) is 0.412. The molecule has 2 aromatic rings. The van der Waals surface area contributed by atoms with E-state index < -0.39 is 0 Å². The molecular weight excluding hydrogens is 330 g/mol. The van der Waals surface area contributed by atoms with E-state index in [2.05, 4.69) is 15.6 Å². The summed E-state index contributed by atoms with van der Waals surface area (Å²) in [7, 11) is 0. The summed E-state index contributed by atoms with van der Waals surface area (Å²) in [5.74, 6) is 1.26. The second-order valence-electron chi connectivity index (χ2n) is 5.81. The lowest BCUT2D eigenvalue weighted by molar-refractivity contribution is 0.0999. The summed E-state index contributed by atoms with van der Waals surface area (Å²) in [4.78, 5) is 16.4. The van der Waals surface area contributed by atoms with Crippen LogP contribution in [0.4, 0.5) is 4.79 Å². The molecule has 3 rings (SSSR count). The summed E-state index contributed by atoms with van der Waals surface area (Å²) in [6, 6.07) is 7.13. The number of oxazole rings is 1. The van der Waals surface area contributed by atoms with Crippen molar-refractivity contribution in [2.45, 2.75) is 39.0 Å². The first-order valence-corrected chi connectivity index (χ1v) is 8.25. The number of aromatic nitrogens is 1. The number of halogens is 1. The van der Waals surface area contributed by atoms with E-state index in [1.807, 2.05) is 38.1 Å². The van der Waals surface area contributed by atoms with Crippen LogP contribution in [0.5, 0.6) is 0 Å². The van der Waals surface area contributed by atoms with E-state index in [4.69, 9.17) is 20.8 Å². The van der Waals surface area contributed by atoms with Crippen LogP contribution in [0.25, 0.3) is 0 Å². The van der Waals surface area contributed by atoms with Gasteiger partial charge in [0.15, 0.2) is 0 Å². The van der Waals surface area contributed by atoms with Crippen molar-refractivity contribution in [2.75, 3.05) is 6.61 Å². The van der Waals surface area contributed by atoms with Crippen molar-refractivity contribution < 1.29 is 13.9 Å². The predicted molar refractivity (Wildman–Crippen MR) is 89.9 cm³/mol. The molecule has 0 bridgehead atoms. The zero-order valence-electron chi connectivity index (χ0n) is 13.6. The molecule has 1 fully saturated rings. The Labute approximate surface area is 145 Å². The molecule has 1 aromatic heterocycles. The van der Waals surface area contributed by atoms with Gasteiger partial charge in [-0.15, -0.1) is 0 Å². The number of aryl methyl sites for hydroxylation is 2. The van der Waals surface area contributed by atoms with Gasteiger partial charge in [0.1, 0.15) is 11.9 Å². The molecule has 2 atom stereocenters. The molecule has 0 unspecified atom stereocenters. The Bertz CT molecular complexity index is 695. The Morgan fingerprint density at radius 2 is 2.08 bits per heavy atom. The molecule has 2 amide bonds.